The second-order valence-electron chi connectivity index (χ2n) is 3.08. The van der Waals surface area contributed by atoms with Crippen molar-refractivity contribution >= 4 is 10.0 Å². The summed E-state index contributed by atoms with van der Waals surface area (Å²) >= 11 is 0. The van der Waals surface area contributed by atoms with Gasteiger partial charge in [0.2, 0.25) is 10.0 Å². The summed E-state index contributed by atoms with van der Waals surface area (Å²) in [6.07, 6.45) is 3.35. The van der Waals surface area contributed by atoms with Crippen LogP contribution in [0.15, 0.2) is 0 Å². The lowest BCUT2D eigenvalue weighted by Crippen LogP contribution is -2.45. The third kappa shape index (κ3) is 2.15. The van der Waals surface area contributed by atoms with E-state index in [0.29, 0.717) is 6.42 Å². The summed E-state index contributed by atoms with van der Waals surface area (Å²) in [5.74, 6) is 0. The lowest BCUT2D eigenvalue weighted by Gasteiger charge is -2.26. The molecule has 0 aromatic rings. The predicted molar refractivity (Wildman–Crippen MR) is 43.3 cm³/mol. The van der Waals surface area contributed by atoms with Crippen LogP contribution in [0.4, 0.5) is 0 Å². The van der Waals surface area contributed by atoms with E-state index in [9.17, 15) is 8.42 Å². The molecule has 11 heavy (non-hydrogen) atoms. The van der Waals surface area contributed by atoms with Crippen molar-refractivity contribution in [1.29, 1.82) is 0 Å². The Hall–Kier alpha value is -0.130. The van der Waals surface area contributed by atoms with E-state index in [1.807, 2.05) is 0 Å². The van der Waals surface area contributed by atoms with E-state index in [0.717, 1.165) is 19.3 Å². The molecule has 4 N–H and O–H groups in total. The minimum absolute atomic E-state index is 0.251. The molecule has 2 atom stereocenters. The molecule has 0 spiro atoms. The second kappa shape index (κ2) is 3.08. The van der Waals surface area contributed by atoms with Crippen molar-refractivity contribution in [3.05, 3.63) is 0 Å². The Labute approximate surface area is 67.0 Å². The maximum absolute atomic E-state index is 10.9. The van der Waals surface area contributed by atoms with Crippen LogP contribution in [0.5, 0.6) is 0 Å². The minimum Gasteiger partial charge on any atom is -0.326 e. The molecule has 0 radical (unpaired) electrons. The molecular weight excluding hydrogens is 164 g/mol. The minimum atomic E-state index is -3.40. The quantitative estimate of drug-likeness (QED) is 0.570. The first-order valence-corrected chi connectivity index (χ1v) is 5.40. The monoisotopic (exact) mass is 178 g/mol. The summed E-state index contributed by atoms with van der Waals surface area (Å²) in [7, 11) is -3.40. The van der Waals surface area contributed by atoms with Crippen LogP contribution in [0.2, 0.25) is 0 Å². The van der Waals surface area contributed by atoms with Gasteiger partial charge in [-0.05, 0) is 12.8 Å². The molecule has 1 aliphatic rings. The van der Waals surface area contributed by atoms with Crippen LogP contribution in [0.25, 0.3) is 0 Å². The van der Waals surface area contributed by atoms with Crippen LogP contribution in [0.1, 0.15) is 25.7 Å². The molecule has 0 bridgehead atoms. The number of sulfonamides is 1. The van der Waals surface area contributed by atoms with E-state index in [4.69, 9.17) is 10.9 Å². The number of primary sulfonamides is 1. The average molecular weight is 178 g/mol. The Bertz CT molecular complexity index is 225. The van der Waals surface area contributed by atoms with Gasteiger partial charge in [0.15, 0.2) is 0 Å². The average Bonchev–Trinajstić information content (AvgIpc) is 1.86. The Morgan fingerprint density at radius 1 is 1.18 bits per heavy atom. The molecule has 0 heterocycles. The van der Waals surface area contributed by atoms with Gasteiger partial charge in [0.05, 0.1) is 5.25 Å². The zero-order valence-electron chi connectivity index (χ0n) is 6.36. The van der Waals surface area contributed by atoms with Gasteiger partial charge >= 0.3 is 0 Å². The van der Waals surface area contributed by atoms with E-state index in [2.05, 4.69) is 0 Å². The van der Waals surface area contributed by atoms with Gasteiger partial charge in [0.25, 0.3) is 0 Å². The van der Waals surface area contributed by atoms with Crippen molar-refractivity contribution in [2.24, 2.45) is 10.9 Å². The Kier molecular flexibility index (Phi) is 2.51. The van der Waals surface area contributed by atoms with Crippen molar-refractivity contribution in [2.45, 2.75) is 37.0 Å². The summed E-state index contributed by atoms with van der Waals surface area (Å²) in [4.78, 5) is 0. The topological polar surface area (TPSA) is 86.2 Å². The fourth-order valence-corrected chi connectivity index (χ4v) is 2.65. The molecule has 1 fully saturated rings. The lowest BCUT2D eigenvalue weighted by atomic mass is 9.96. The fourth-order valence-electron chi connectivity index (χ4n) is 1.53. The molecule has 66 valence electrons. The summed E-state index contributed by atoms with van der Waals surface area (Å²) < 4.78 is 21.8. The SMILES string of the molecule is N[C@H]1CCCC[C@H]1S(N)(=O)=O. The van der Waals surface area contributed by atoms with Crippen molar-refractivity contribution in [1.82, 2.24) is 0 Å². The van der Waals surface area contributed by atoms with Crippen LogP contribution < -0.4 is 10.9 Å². The van der Waals surface area contributed by atoms with Crippen LogP contribution in [0.3, 0.4) is 0 Å². The van der Waals surface area contributed by atoms with Gasteiger partial charge in [0, 0.05) is 6.04 Å². The van der Waals surface area contributed by atoms with Crippen LogP contribution in [-0.4, -0.2) is 19.7 Å². The molecule has 0 aliphatic heterocycles. The molecule has 0 aromatic heterocycles. The van der Waals surface area contributed by atoms with E-state index < -0.39 is 15.3 Å². The Morgan fingerprint density at radius 2 is 1.73 bits per heavy atom. The molecule has 1 aliphatic carbocycles. The van der Waals surface area contributed by atoms with E-state index in [-0.39, 0.29) is 6.04 Å². The van der Waals surface area contributed by atoms with E-state index in [1.165, 1.54) is 0 Å². The second-order valence-corrected chi connectivity index (χ2v) is 4.86. The smallest absolute Gasteiger partial charge is 0.213 e. The van der Waals surface area contributed by atoms with E-state index in [1.54, 1.807) is 0 Å². The summed E-state index contributed by atoms with van der Waals surface area (Å²) in [6.45, 7) is 0. The zero-order chi connectivity index (χ0) is 8.48. The lowest BCUT2D eigenvalue weighted by molar-refractivity contribution is 0.432. The van der Waals surface area contributed by atoms with Gasteiger partial charge in [-0.25, -0.2) is 13.6 Å². The molecule has 1 rings (SSSR count). The van der Waals surface area contributed by atoms with Crippen molar-refractivity contribution in [3.63, 3.8) is 0 Å². The highest BCUT2D eigenvalue weighted by Gasteiger charge is 2.30. The molecule has 1 saturated carbocycles. The molecular formula is C6H14N2O2S. The molecule has 0 amide bonds. The summed E-state index contributed by atoms with van der Waals surface area (Å²) in [6, 6.07) is -0.251. The summed E-state index contributed by atoms with van der Waals surface area (Å²) in [5.41, 5.74) is 5.61. The highest BCUT2D eigenvalue weighted by atomic mass is 32.2. The highest BCUT2D eigenvalue weighted by Crippen LogP contribution is 2.21. The number of rotatable bonds is 1. The van der Waals surface area contributed by atoms with Gasteiger partial charge in [-0.3, -0.25) is 0 Å². The predicted octanol–water partition coefficient (Wildman–Crippen LogP) is -0.455. The van der Waals surface area contributed by atoms with Gasteiger partial charge in [-0.2, -0.15) is 0 Å². The number of nitrogens with two attached hydrogens (primary N) is 2. The van der Waals surface area contributed by atoms with Crippen molar-refractivity contribution < 1.29 is 8.42 Å². The standard InChI is InChI=1S/C6H14N2O2S/c7-5-3-1-2-4-6(5)11(8,9)10/h5-6H,1-4,7H2,(H2,8,9,10)/t5-,6+/m0/s1. The summed E-state index contributed by atoms with van der Waals surface area (Å²) in [5, 5.41) is 4.49. The largest absolute Gasteiger partial charge is 0.326 e. The first kappa shape index (κ1) is 8.96. The molecule has 4 nitrogen and oxygen atoms in total. The number of hydrogen-bond acceptors (Lipinski definition) is 3. The first-order chi connectivity index (χ1) is 5.02. The van der Waals surface area contributed by atoms with E-state index >= 15 is 0 Å². The van der Waals surface area contributed by atoms with Crippen LogP contribution >= 0.6 is 0 Å². The maximum Gasteiger partial charge on any atom is 0.213 e. The molecule has 5 heteroatoms. The van der Waals surface area contributed by atoms with Crippen molar-refractivity contribution in [3.8, 4) is 0 Å². The van der Waals surface area contributed by atoms with Crippen LogP contribution in [0, 0.1) is 0 Å². The fraction of sp³-hybridized carbons (Fsp3) is 1.00. The normalized spacial score (nSPS) is 33.6. The van der Waals surface area contributed by atoms with Gasteiger partial charge in [-0.1, -0.05) is 12.8 Å². The maximum atomic E-state index is 10.9. The Balaban J connectivity index is 2.70. The van der Waals surface area contributed by atoms with Gasteiger partial charge in [-0.15, -0.1) is 0 Å². The highest BCUT2D eigenvalue weighted by molar-refractivity contribution is 7.89. The molecule has 0 unspecified atom stereocenters. The van der Waals surface area contributed by atoms with Crippen molar-refractivity contribution in [2.75, 3.05) is 0 Å². The first-order valence-electron chi connectivity index (χ1n) is 3.79. The number of hydrogen-bond donors (Lipinski definition) is 2. The Morgan fingerprint density at radius 3 is 2.09 bits per heavy atom. The van der Waals surface area contributed by atoms with Gasteiger partial charge in [0.1, 0.15) is 0 Å². The molecule has 0 aromatic carbocycles. The van der Waals surface area contributed by atoms with Gasteiger partial charge < -0.3 is 5.73 Å². The van der Waals surface area contributed by atoms with Crippen LogP contribution in [-0.2, 0) is 10.0 Å². The molecule has 0 saturated heterocycles. The zero-order valence-corrected chi connectivity index (χ0v) is 7.18. The third-order valence-corrected chi connectivity index (χ3v) is 3.60. The third-order valence-electron chi connectivity index (χ3n) is 2.18.